The van der Waals surface area contributed by atoms with E-state index in [0.29, 0.717) is 18.3 Å². The fourth-order valence-electron chi connectivity index (χ4n) is 4.33. The van der Waals surface area contributed by atoms with Crippen molar-refractivity contribution >= 4 is 34.4 Å². The Morgan fingerprint density at radius 3 is 2.81 bits per heavy atom. The van der Waals surface area contributed by atoms with E-state index in [1.54, 1.807) is 6.08 Å². The molecule has 8 heteroatoms. The van der Waals surface area contributed by atoms with Crippen LogP contribution in [0.1, 0.15) is 18.4 Å². The summed E-state index contributed by atoms with van der Waals surface area (Å²) in [6.07, 6.45) is 4.65. The number of para-hydroxylation sites is 1. The van der Waals surface area contributed by atoms with Crippen LogP contribution in [-0.2, 0) is 0 Å². The van der Waals surface area contributed by atoms with Gasteiger partial charge < -0.3 is 15.3 Å². The van der Waals surface area contributed by atoms with Crippen LogP contribution < -0.4 is 10.2 Å². The molecule has 1 saturated heterocycles. The minimum atomic E-state index is -0.958. The average molecular weight is 428 g/mol. The molecule has 4 heterocycles. The van der Waals surface area contributed by atoms with Gasteiger partial charge in [0.05, 0.1) is 11.2 Å². The third-order valence-corrected chi connectivity index (χ3v) is 6.09. The molecule has 0 saturated carbocycles. The van der Waals surface area contributed by atoms with Gasteiger partial charge >= 0.3 is 6.09 Å². The van der Waals surface area contributed by atoms with Gasteiger partial charge in [-0.15, -0.1) is 10.2 Å². The highest BCUT2D eigenvalue weighted by Crippen LogP contribution is 2.31. The third kappa shape index (κ3) is 3.75. The summed E-state index contributed by atoms with van der Waals surface area (Å²) in [4.78, 5) is 18.1. The maximum Gasteiger partial charge on any atom is 0.404 e. The lowest BCUT2D eigenvalue weighted by molar-refractivity contribution is 0.191. The summed E-state index contributed by atoms with van der Waals surface area (Å²) in [6.45, 7) is 6.06. The lowest BCUT2D eigenvalue weighted by atomic mass is 9.96. The van der Waals surface area contributed by atoms with Gasteiger partial charge in [0.2, 0.25) is 0 Å². The number of hydrogen-bond donors (Lipinski definition) is 2. The highest BCUT2D eigenvalue weighted by atomic mass is 16.4. The molecule has 4 aromatic rings. The Bertz CT molecular complexity index is 1310. The Morgan fingerprint density at radius 2 is 2.03 bits per heavy atom. The van der Waals surface area contributed by atoms with Crippen molar-refractivity contribution in [2.75, 3.05) is 24.5 Å². The number of nitrogens with zero attached hydrogens (tertiary/aromatic N) is 5. The predicted octanol–water partition coefficient (Wildman–Crippen LogP) is 4.07. The SMILES string of the molecule is C=Cc1ccn2c(-c3ccc4cccc(N5CCC(CNC(=O)O)CC5)c4n3)nnc2c1. The lowest BCUT2D eigenvalue weighted by Crippen LogP contribution is -2.38. The largest absolute Gasteiger partial charge is 0.465 e. The summed E-state index contributed by atoms with van der Waals surface area (Å²) in [5.41, 5.74) is 4.55. The van der Waals surface area contributed by atoms with Crippen molar-refractivity contribution in [2.45, 2.75) is 12.8 Å². The van der Waals surface area contributed by atoms with E-state index in [9.17, 15) is 4.79 Å². The summed E-state index contributed by atoms with van der Waals surface area (Å²) in [5.74, 6) is 1.06. The normalized spacial score (nSPS) is 14.7. The zero-order chi connectivity index (χ0) is 22.1. The molecular weight excluding hydrogens is 404 g/mol. The van der Waals surface area contributed by atoms with Crippen molar-refractivity contribution in [2.24, 2.45) is 5.92 Å². The van der Waals surface area contributed by atoms with Crippen molar-refractivity contribution in [3.8, 4) is 11.5 Å². The number of carboxylic acid groups (broad SMARTS) is 1. The van der Waals surface area contributed by atoms with Gasteiger partial charge in [0.15, 0.2) is 11.5 Å². The second-order valence-corrected chi connectivity index (χ2v) is 8.08. The summed E-state index contributed by atoms with van der Waals surface area (Å²) >= 11 is 0. The van der Waals surface area contributed by atoms with E-state index in [2.05, 4.69) is 51.3 Å². The van der Waals surface area contributed by atoms with E-state index in [1.807, 2.05) is 28.8 Å². The lowest BCUT2D eigenvalue weighted by Gasteiger charge is -2.34. The summed E-state index contributed by atoms with van der Waals surface area (Å²) < 4.78 is 1.94. The van der Waals surface area contributed by atoms with E-state index >= 15 is 0 Å². The highest BCUT2D eigenvalue weighted by molar-refractivity contribution is 5.92. The van der Waals surface area contributed by atoms with Crippen molar-refractivity contribution < 1.29 is 9.90 Å². The van der Waals surface area contributed by atoms with E-state index in [-0.39, 0.29) is 0 Å². The molecule has 0 radical (unpaired) electrons. The number of amides is 1. The molecule has 1 amide bonds. The number of fused-ring (bicyclic) bond motifs is 2. The first-order valence-corrected chi connectivity index (χ1v) is 10.7. The fraction of sp³-hybridized carbons (Fsp3) is 0.250. The van der Waals surface area contributed by atoms with Crippen LogP contribution in [-0.4, -0.2) is 50.4 Å². The number of piperidine rings is 1. The number of carbonyl (C=O) groups is 1. The Kier molecular flexibility index (Phi) is 5.18. The number of rotatable bonds is 5. The first-order chi connectivity index (χ1) is 15.6. The molecule has 0 spiro atoms. The highest BCUT2D eigenvalue weighted by Gasteiger charge is 2.22. The predicted molar refractivity (Wildman–Crippen MR) is 125 cm³/mol. The second kappa shape index (κ2) is 8.30. The molecule has 1 aromatic carbocycles. The van der Waals surface area contributed by atoms with Crippen LogP contribution in [0, 0.1) is 5.92 Å². The molecule has 2 N–H and O–H groups in total. The van der Waals surface area contributed by atoms with E-state index in [4.69, 9.17) is 10.1 Å². The Hall–Kier alpha value is -3.94. The molecule has 1 aliphatic rings. The fourth-order valence-corrected chi connectivity index (χ4v) is 4.33. The van der Waals surface area contributed by atoms with Gasteiger partial charge in [-0.3, -0.25) is 4.40 Å². The van der Waals surface area contributed by atoms with Gasteiger partial charge in [-0.1, -0.05) is 30.9 Å². The molecule has 8 nitrogen and oxygen atoms in total. The van der Waals surface area contributed by atoms with Gasteiger partial charge in [-0.25, -0.2) is 9.78 Å². The first-order valence-electron chi connectivity index (χ1n) is 10.7. The Morgan fingerprint density at radius 1 is 1.19 bits per heavy atom. The van der Waals surface area contributed by atoms with Gasteiger partial charge in [0.1, 0.15) is 5.69 Å². The maximum atomic E-state index is 10.8. The van der Waals surface area contributed by atoms with Crippen molar-refractivity contribution in [1.82, 2.24) is 24.9 Å². The molecule has 0 atom stereocenters. The van der Waals surface area contributed by atoms with Crippen LogP contribution in [0.3, 0.4) is 0 Å². The quantitative estimate of drug-likeness (QED) is 0.497. The summed E-state index contributed by atoms with van der Waals surface area (Å²) in [5, 5.41) is 21.1. The average Bonchev–Trinajstić information content (AvgIpc) is 3.25. The van der Waals surface area contributed by atoms with E-state index in [1.165, 1.54) is 0 Å². The first kappa shape index (κ1) is 20.0. The molecule has 0 aliphatic carbocycles. The molecule has 5 rings (SSSR count). The number of pyridine rings is 2. The van der Waals surface area contributed by atoms with E-state index < -0.39 is 6.09 Å². The van der Waals surface area contributed by atoms with Crippen molar-refractivity contribution in [3.05, 3.63) is 60.8 Å². The molecule has 0 bridgehead atoms. The monoisotopic (exact) mass is 428 g/mol. The molecule has 1 fully saturated rings. The Labute approximate surface area is 185 Å². The van der Waals surface area contributed by atoms with Crippen LogP contribution >= 0.6 is 0 Å². The van der Waals surface area contributed by atoms with Gasteiger partial charge in [0.25, 0.3) is 0 Å². The van der Waals surface area contributed by atoms with Crippen molar-refractivity contribution in [1.29, 1.82) is 0 Å². The van der Waals surface area contributed by atoms with Crippen molar-refractivity contribution in [3.63, 3.8) is 0 Å². The smallest absolute Gasteiger partial charge is 0.404 e. The number of aromatic nitrogens is 4. The van der Waals surface area contributed by atoms with Gasteiger partial charge in [-0.2, -0.15) is 0 Å². The van der Waals surface area contributed by atoms with Crippen LogP contribution in [0.4, 0.5) is 10.5 Å². The van der Waals surface area contributed by atoms with Crippen LogP contribution in [0.2, 0.25) is 0 Å². The molecule has 162 valence electrons. The molecule has 3 aromatic heterocycles. The van der Waals surface area contributed by atoms with Gasteiger partial charge in [0, 0.05) is 31.2 Å². The minimum Gasteiger partial charge on any atom is -0.465 e. The van der Waals surface area contributed by atoms with Crippen LogP contribution in [0.15, 0.2) is 55.2 Å². The summed E-state index contributed by atoms with van der Waals surface area (Å²) in [7, 11) is 0. The number of nitrogens with one attached hydrogen (secondary N) is 1. The standard InChI is InChI=1S/C24H24N6O2/c1-2-16-10-13-30-21(14-16)27-28-23(30)19-7-6-18-4-3-5-20(22(18)26-19)29-11-8-17(9-12-29)15-25-24(31)32/h2-7,10,13-14,17,25H,1,8-9,11-12,15H2,(H,31,32). The Balaban J connectivity index is 1.46. The van der Waals surface area contributed by atoms with Gasteiger partial charge in [-0.05, 0) is 48.6 Å². The van der Waals surface area contributed by atoms with E-state index in [0.717, 1.165) is 59.4 Å². The minimum absolute atomic E-state index is 0.365. The maximum absolute atomic E-state index is 10.8. The topological polar surface area (TPSA) is 95.7 Å². The molecular formula is C24H24N6O2. The second-order valence-electron chi connectivity index (χ2n) is 8.08. The molecule has 0 unspecified atom stereocenters. The summed E-state index contributed by atoms with van der Waals surface area (Å²) in [6, 6.07) is 14.2. The number of hydrogen-bond acceptors (Lipinski definition) is 5. The zero-order valence-corrected chi connectivity index (χ0v) is 17.6. The number of benzene rings is 1. The molecule has 1 aliphatic heterocycles. The van der Waals surface area contributed by atoms with Crippen LogP contribution in [0.5, 0.6) is 0 Å². The third-order valence-electron chi connectivity index (χ3n) is 6.09. The zero-order valence-electron chi connectivity index (χ0n) is 17.6. The number of anilines is 1. The molecule has 32 heavy (non-hydrogen) atoms. The van der Waals surface area contributed by atoms with Crippen LogP contribution in [0.25, 0.3) is 34.1 Å².